The minimum absolute atomic E-state index is 0.0369. The molecule has 0 saturated carbocycles. The Labute approximate surface area is 162 Å². The van der Waals surface area contributed by atoms with E-state index in [0.717, 1.165) is 30.7 Å². The molecule has 1 heterocycles. The Hall–Kier alpha value is -2.49. The number of hydrogen-bond donors (Lipinski definition) is 0. The lowest BCUT2D eigenvalue weighted by molar-refractivity contribution is -0.119. The summed E-state index contributed by atoms with van der Waals surface area (Å²) in [6.45, 7) is 11.1. The molecule has 1 aliphatic rings. The Morgan fingerprint density at radius 1 is 1.22 bits per heavy atom. The molecule has 1 amide bonds. The Morgan fingerprint density at radius 2 is 1.89 bits per heavy atom. The van der Waals surface area contributed by atoms with Gasteiger partial charge in [0.15, 0.2) is 0 Å². The van der Waals surface area contributed by atoms with Gasteiger partial charge in [0, 0.05) is 17.8 Å². The van der Waals surface area contributed by atoms with E-state index < -0.39 is 5.54 Å². The average molecular weight is 367 g/mol. The zero-order chi connectivity index (χ0) is 20.0. The maximum atomic E-state index is 12.3. The molecule has 0 spiro atoms. The van der Waals surface area contributed by atoms with E-state index in [1.54, 1.807) is 4.90 Å². The molecule has 4 heteroatoms. The molecule has 144 valence electrons. The van der Waals surface area contributed by atoms with Gasteiger partial charge in [0.2, 0.25) is 0 Å². The molecule has 2 rings (SSSR count). The van der Waals surface area contributed by atoms with E-state index in [1.165, 1.54) is 18.1 Å². The zero-order valence-corrected chi connectivity index (χ0v) is 16.9. The number of nitrogens with zero attached hydrogens (tertiary/aromatic N) is 2. The van der Waals surface area contributed by atoms with Gasteiger partial charge in [0.05, 0.1) is 0 Å². The van der Waals surface area contributed by atoms with Gasteiger partial charge in [-0.15, -0.1) is 0 Å². The lowest BCUT2D eigenvalue weighted by Gasteiger charge is -2.12. The van der Waals surface area contributed by atoms with Crippen LogP contribution < -0.4 is 0 Å². The summed E-state index contributed by atoms with van der Waals surface area (Å²) in [6.07, 6.45) is 7.58. The number of aryl methyl sites for hydroxylation is 2. The minimum Gasteiger partial charge on any atom is -0.300 e. The summed E-state index contributed by atoms with van der Waals surface area (Å²) < 4.78 is 0. The number of ketones is 1. The van der Waals surface area contributed by atoms with Gasteiger partial charge in [-0.2, -0.15) is 0 Å². The number of carbonyl (C=O) groups is 2. The van der Waals surface area contributed by atoms with Crippen LogP contribution in [-0.4, -0.2) is 28.8 Å². The minimum atomic E-state index is -0.631. The molecule has 0 N–H and O–H groups in total. The molecule has 1 atom stereocenters. The van der Waals surface area contributed by atoms with Crippen LogP contribution in [0.3, 0.4) is 0 Å². The van der Waals surface area contributed by atoms with Crippen molar-refractivity contribution in [3.05, 3.63) is 58.9 Å². The van der Waals surface area contributed by atoms with Crippen molar-refractivity contribution >= 4 is 18.4 Å². The van der Waals surface area contributed by atoms with Gasteiger partial charge < -0.3 is 0 Å². The summed E-state index contributed by atoms with van der Waals surface area (Å²) in [7, 11) is 0. The third-order valence-corrected chi connectivity index (χ3v) is 5.20. The Bertz CT molecular complexity index is 774. The van der Waals surface area contributed by atoms with Crippen LogP contribution in [0.25, 0.3) is 0 Å². The third kappa shape index (κ3) is 5.03. The molecule has 1 aromatic carbocycles. The third-order valence-electron chi connectivity index (χ3n) is 5.20. The second-order valence-electron chi connectivity index (χ2n) is 7.37. The molecule has 27 heavy (non-hydrogen) atoms. The summed E-state index contributed by atoms with van der Waals surface area (Å²) in [6, 6.07) is 8.59. The number of rotatable bonds is 10. The normalized spacial score (nSPS) is 20.0. The Balaban J connectivity index is 1.96. The summed E-state index contributed by atoms with van der Waals surface area (Å²) in [4.78, 5) is 29.6. The molecule has 0 bridgehead atoms. The monoisotopic (exact) mass is 366 g/mol. The largest absolute Gasteiger partial charge is 0.300 e. The first-order valence-corrected chi connectivity index (χ1v) is 9.58. The van der Waals surface area contributed by atoms with E-state index in [0.29, 0.717) is 6.42 Å². The van der Waals surface area contributed by atoms with Gasteiger partial charge in [-0.05, 0) is 70.9 Å². The Kier molecular flexibility index (Phi) is 6.89. The molecule has 4 nitrogen and oxygen atoms in total. The van der Waals surface area contributed by atoms with Gasteiger partial charge >= 0.3 is 0 Å². The topological polar surface area (TPSA) is 49.5 Å². The molecule has 0 radical (unpaired) electrons. The van der Waals surface area contributed by atoms with Gasteiger partial charge in [-0.25, -0.2) is 0 Å². The van der Waals surface area contributed by atoms with Crippen molar-refractivity contribution in [3.8, 4) is 0 Å². The fourth-order valence-corrected chi connectivity index (χ4v) is 3.53. The van der Waals surface area contributed by atoms with Crippen molar-refractivity contribution in [2.24, 2.45) is 4.99 Å². The Morgan fingerprint density at radius 3 is 2.44 bits per heavy atom. The molecule has 1 unspecified atom stereocenters. The molecule has 0 aromatic heterocycles. The molecule has 1 fully saturated rings. The van der Waals surface area contributed by atoms with Crippen LogP contribution in [0, 0.1) is 6.92 Å². The average Bonchev–Trinajstić information content (AvgIpc) is 3.22. The molecule has 1 saturated heterocycles. The quantitative estimate of drug-likeness (QED) is 0.340. The van der Waals surface area contributed by atoms with Crippen molar-refractivity contribution in [1.29, 1.82) is 0 Å². The summed E-state index contributed by atoms with van der Waals surface area (Å²) >= 11 is 0. The highest BCUT2D eigenvalue weighted by Crippen LogP contribution is 2.44. The van der Waals surface area contributed by atoms with Crippen LogP contribution in [-0.2, 0) is 16.0 Å². The van der Waals surface area contributed by atoms with Gasteiger partial charge in [0.1, 0.15) is 11.3 Å². The number of allylic oxidation sites excluding steroid dienone is 4. The van der Waals surface area contributed by atoms with E-state index in [-0.39, 0.29) is 18.1 Å². The van der Waals surface area contributed by atoms with Gasteiger partial charge in [-0.3, -0.25) is 19.5 Å². The van der Waals surface area contributed by atoms with Crippen LogP contribution >= 0.6 is 0 Å². The number of aliphatic imine (C=N–C) groups is 1. The first-order valence-electron chi connectivity index (χ1n) is 9.58. The number of Topliss-reactive ketones (excluding diaryl/α,β-unsaturated/α-hetero) is 1. The lowest BCUT2D eigenvalue weighted by Crippen LogP contribution is -2.20. The highest BCUT2D eigenvalue weighted by atomic mass is 16.2. The summed E-state index contributed by atoms with van der Waals surface area (Å²) in [5, 5.41) is 0. The van der Waals surface area contributed by atoms with Gasteiger partial charge in [-0.1, -0.05) is 36.8 Å². The number of carbonyl (C=O) groups excluding carboxylic acids is 2. The van der Waals surface area contributed by atoms with E-state index in [9.17, 15) is 9.59 Å². The van der Waals surface area contributed by atoms with Crippen molar-refractivity contribution in [3.63, 3.8) is 0 Å². The standard InChI is InChI=1S/C23H30N2O2/c1-6-23(16-19(4)26)22(27)25(23)18(3)12-15-21(24-5)9-7-8-20-13-10-17(2)11-14-20/h10-15H,5-9,16H2,1-4H3/b18-12+,21-15-. The maximum Gasteiger partial charge on any atom is 0.254 e. The van der Waals surface area contributed by atoms with Crippen LogP contribution in [0.4, 0.5) is 0 Å². The highest BCUT2D eigenvalue weighted by molar-refractivity contribution is 6.07. The first kappa shape index (κ1) is 20.8. The predicted octanol–water partition coefficient (Wildman–Crippen LogP) is 4.78. The van der Waals surface area contributed by atoms with Crippen molar-refractivity contribution in [2.75, 3.05) is 0 Å². The lowest BCUT2D eigenvalue weighted by atomic mass is 9.99. The summed E-state index contributed by atoms with van der Waals surface area (Å²) in [5.74, 6) is 0.0791. The molecule has 0 aliphatic carbocycles. The molecule has 1 aliphatic heterocycles. The highest BCUT2D eigenvalue weighted by Gasteiger charge is 2.62. The number of hydrogen-bond acceptors (Lipinski definition) is 3. The maximum absolute atomic E-state index is 12.3. The number of benzene rings is 1. The van der Waals surface area contributed by atoms with E-state index in [1.807, 2.05) is 26.0 Å². The molecule has 1 aromatic rings. The van der Waals surface area contributed by atoms with E-state index in [4.69, 9.17) is 0 Å². The van der Waals surface area contributed by atoms with Gasteiger partial charge in [0.25, 0.3) is 5.91 Å². The fourth-order valence-electron chi connectivity index (χ4n) is 3.53. The van der Waals surface area contributed by atoms with Crippen molar-refractivity contribution in [2.45, 2.75) is 65.3 Å². The molecular weight excluding hydrogens is 336 g/mol. The van der Waals surface area contributed by atoms with Crippen molar-refractivity contribution < 1.29 is 9.59 Å². The van der Waals surface area contributed by atoms with E-state index >= 15 is 0 Å². The number of amides is 1. The fraction of sp³-hybridized carbons (Fsp3) is 0.435. The second kappa shape index (κ2) is 8.94. The smallest absolute Gasteiger partial charge is 0.254 e. The van der Waals surface area contributed by atoms with Crippen LogP contribution in [0.15, 0.2) is 52.8 Å². The molecular formula is C23H30N2O2. The SMILES string of the molecule is C=N/C(=C\C=C(/C)N1C(=O)C1(CC)CC(C)=O)CCCc1ccc(C)cc1. The zero-order valence-electron chi connectivity index (χ0n) is 16.9. The van der Waals surface area contributed by atoms with E-state index in [2.05, 4.69) is 42.9 Å². The predicted molar refractivity (Wildman–Crippen MR) is 111 cm³/mol. The van der Waals surface area contributed by atoms with Crippen LogP contribution in [0.1, 0.15) is 57.6 Å². The van der Waals surface area contributed by atoms with Crippen molar-refractivity contribution in [1.82, 2.24) is 4.90 Å². The van der Waals surface area contributed by atoms with Crippen LogP contribution in [0.2, 0.25) is 0 Å². The van der Waals surface area contributed by atoms with Crippen LogP contribution in [0.5, 0.6) is 0 Å². The second-order valence-corrected chi connectivity index (χ2v) is 7.37. The first-order chi connectivity index (χ1) is 12.8. The summed E-state index contributed by atoms with van der Waals surface area (Å²) in [5.41, 5.74) is 3.72.